The van der Waals surface area contributed by atoms with Crippen molar-refractivity contribution in [2.45, 2.75) is 13.2 Å². The molecule has 1 nitrogen and oxygen atoms in total. The minimum Gasteiger partial charge on any atom is -0.372 e. The van der Waals surface area contributed by atoms with E-state index in [0.717, 1.165) is 22.3 Å². The van der Waals surface area contributed by atoms with Crippen LogP contribution in [0.15, 0.2) is 61.7 Å². The van der Waals surface area contributed by atoms with Gasteiger partial charge in [-0.05, 0) is 34.4 Å². The standard InChI is InChI=1S/C18H18O/c1-3-15-7-5-9-17(11-15)13-19-14-18-10-6-8-16(4-2)12-18/h3-12H,1-2,13-14H2. The quantitative estimate of drug-likeness (QED) is 0.722. The van der Waals surface area contributed by atoms with Gasteiger partial charge in [-0.15, -0.1) is 0 Å². The minimum absolute atomic E-state index is 0.611. The van der Waals surface area contributed by atoms with Crippen LogP contribution >= 0.6 is 0 Å². The molecule has 0 unspecified atom stereocenters. The Morgan fingerprint density at radius 2 is 1.26 bits per heavy atom. The zero-order valence-corrected chi connectivity index (χ0v) is 11.0. The molecule has 0 aliphatic carbocycles. The third-order valence-corrected chi connectivity index (χ3v) is 2.91. The molecule has 0 aliphatic rings. The third kappa shape index (κ3) is 3.94. The molecule has 0 fully saturated rings. The van der Waals surface area contributed by atoms with Gasteiger partial charge in [-0.25, -0.2) is 0 Å². The molecule has 0 atom stereocenters. The first-order valence-corrected chi connectivity index (χ1v) is 6.32. The van der Waals surface area contributed by atoms with Crippen molar-refractivity contribution in [1.82, 2.24) is 0 Å². The van der Waals surface area contributed by atoms with Crippen LogP contribution in [0, 0.1) is 0 Å². The minimum atomic E-state index is 0.611. The fraction of sp³-hybridized carbons (Fsp3) is 0.111. The van der Waals surface area contributed by atoms with Crippen molar-refractivity contribution >= 4 is 12.2 Å². The van der Waals surface area contributed by atoms with Gasteiger partial charge in [0.25, 0.3) is 0 Å². The average Bonchev–Trinajstić information content (AvgIpc) is 2.48. The lowest BCUT2D eigenvalue weighted by atomic mass is 10.1. The van der Waals surface area contributed by atoms with E-state index in [-0.39, 0.29) is 0 Å². The van der Waals surface area contributed by atoms with E-state index in [4.69, 9.17) is 4.74 Å². The lowest BCUT2D eigenvalue weighted by Gasteiger charge is -2.06. The number of ether oxygens (including phenoxy) is 1. The summed E-state index contributed by atoms with van der Waals surface area (Å²) in [6.07, 6.45) is 3.69. The van der Waals surface area contributed by atoms with Crippen LogP contribution in [0.25, 0.3) is 12.2 Å². The Morgan fingerprint density at radius 3 is 1.68 bits per heavy atom. The molecule has 0 saturated carbocycles. The van der Waals surface area contributed by atoms with Crippen molar-refractivity contribution in [1.29, 1.82) is 0 Å². The van der Waals surface area contributed by atoms with E-state index in [1.54, 1.807) is 0 Å². The molecule has 0 heterocycles. The van der Waals surface area contributed by atoms with Crippen LogP contribution in [0.2, 0.25) is 0 Å². The summed E-state index contributed by atoms with van der Waals surface area (Å²) in [5, 5.41) is 0. The van der Waals surface area contributed by atoms with Crippen LogP contribution < -0.4 is 0 Å². The monoisotopic (exact) mass is 250 g/mol. The summed E-state index contributed by atoms with van der Waals surface area (Å²) >= 11 is 0. The number of rotatable bonds is 6. The lowest BCUT2D eigenvalue weighted by molar-refractivity contribution is 0.107. The fourth-order valence-corrected chi connectivity index (χ4v) is 1.91. The van der Waals surface area contributed by atoms with E-state index in [9.17, 15) is 0 Å². The Kier molecular flexibility index (Phi) is 4.71. The van der Waals surface area contributed by atoms with Gasteiger partial charge in [0.05, 0.1) is 13.2 Å². The molecule has 0 spiro atoms. The number of hydrogen-bond acceptors (Lipinski definition) is 1. The highest BCUT2D eigenvalue weighted by atomic mass is 16.5. The summed E-state index contributed by atoms with van der Waals surface area (Å²) in [6.45, 7) is 8.76. The second kappa shape index (κ2) is 6.72. The topological polar surface area (TPSA) is 9.23 Å². The summed E-state index contributed by atoms with van der Waals surface area (Å²) in [5.74, 6) is 0. The molecule has 0 amide bonds. The summed E-state index contributed by atoms with van der Waals surface area (Å²) in [7, 11) is 0. The maximum atomic E-state index is 5.74. The second-order valence-electron chi connectivity index (χ2n) is 4.39. The molecule has 0 bridgehead atoms. The van der Waals surface area contributed by atoms with Crippen LogP contribution in [0.1, 0.15) is 22.3 Å². The summed E-state index contributed by atoms with van der Waals surface area (Å²) < 4.78 is 5.74. The fourth-order valence-electron chi connectivity index (χ4n) is 1.91. The van der Waals surface area contributed by atoms with E-state index in [1.165, 1.54) is 0 Å². The Bertz CT molecular complexity index is 518. The summed E-state index contributed by atoms with van der Waals surface area (Å²) in [5.41, 5.74) is 4.57. The molecule has 0 aromatic heterocycles. The Labute approximate surface area is 114 Å². The molecule has 0 radical (unpaired) electrons. The third-order valence-electron chi connectivity index (χ3n) is 2.91. The lowest BCUT2D eigenvalue weighted by Crippen LogP contribution is -1.94. The largest absolute Gasteiger partial charge is 0.372 e. The van der Waals surface area contributed by atoms with Crippen LogP contribution in [0.4, 0.5) is 0 Å². The van der Waals surface area contributed by atoms with Crippen molar-refractivity contribution in [3.63, 3.8) is 0 Å². The van der Waals surface area contributed by atoms with Crippen molar-refractivity contribution in [3.8, 4) is 0 Å². The first kappa shape index (κ1) is 13.3. The maximum Gasteiger partial charge on any atom is 0.0721 e. The van der Waals surface area contributed by atoms with E-state index < -0.39 is 0 Å². The molecule has 0 aliphatic heterocycles. The molecule has 96 valence electrons. The van der Waals surface area contributed by atoms with Crippen molar-refractivity contribution in [2.24, 2.45) is 0 Å². The Morgan fingerprint density at radius 1 is 0.789 bits per heavy atom. The average molecular weight is 250 g/mol. The molecular formula is C18H18O. The van der Waals surface area contributed by atoms with E-state index in [0.29, 0.717) is 13.2 Å². The smallest absolute Gasteiger partial charge is 0.0721 e. The van der Waals surface area contributed by atoms with Gasteiger partial charge in [-0.2, -0.15) is 0 Å². The predicted octanol–water partition coefficient (Wildman–Crippen LogP) is 4.69. The van der Waals surface area contributed by atoms with Gasteiger partial charge in [-0.3, -0.25) is 0 Å². The van der Waals surface area contributed by atoms with Gasteiger partial charge in [-0.1, -0.05) is 61.7 Å². The highest BCUT2D eigenvalue weighted by molar-refractivity contribution is 5.48. The molecule has 0 N–H and O–H groups in total. The van der Waals surface area contributed by atoms with E-state index in [2.05, 4.69) is 37.4 Å². The molecule has 1 heteroatoms. The normalized spacial score (nSPS) is 10.1. The van der Waals surface area contributed by atoms with Gasteiger partial charge < -0.3 is 4.74 Å². The zero-order valence-electron chi connectivity index (χ0n) is 11.0. The molecular weight excluding hydrogens is 232 g/mol. The van der Waals surface area contributed by atoms with E-state index >= 15 is 0 Å². The number of hydrogen-bond donors (Lipinski definition) is 0. The molecule has 0 saturated heterocycles. The highest BCUT2D eigenvalue weighted by Crippen LogP contribution is 2.11. The van der Waals surface area contributed by atoms with Crippen LogP contribution in [-0.4, -0.2) is 0 Å². The first-order chi connectivity index (χ1) is 9.31. The summed E-state index contributed by atoms with van der Waals surface area (Å²) in [4.78, 5) is 0. The molecule has 2 rings (SSSR count). The van der Waals surface area contributed by atoms with Crippen molar-refractivity contribution in [2.75, 3.05) is 0 Å². The van der Waals surface area contributed by atoms with Crippen LogP contribution in [0.3, 0.4) is 0 Å². The Hall–Kier alpha value is -2.12. The number of benzene rings is 2. The van der Waals surface area contributed by atoms with Crippen LogP contribution in [-0.2, 0) is 18.0 Å². The van der Waals surface area contributed by atoms with Gasteiger partial charge in [0.1, 0.15) is 0 Å². The first-order valence-electron chi connectivity index (χ1n) is 6.32. The van der Waals surface area contributed by atoms with Gasteiger partial charge >= 0.3 is 0 Å². The second-order valence-corrected chi connectivity index (χ2v) is 4.39. The molecule has 2 aromatic rings. The Balaban J connectivity index is 1.92. The molecule has 2 aromatic carbocycles. The predicted molar refractivity (Wildman–Crippen MR) is 81.6 cm³/mol. The van der Waals surface area contributed by atoms with Gasteiger partial charge in [0.15, 0.2) is 0 Å². The molecule has 19 heavy (non-hydrogen) atoms. The van der Waals surface area contributed by atoms with Crippen molar-refractivity contribution < 1.29 is 4.74 Å². The van der Waals surface area contributed by atoms with Gasteiger partial charge in [0.2, 0.25) is 0 Å². The van der Waals surface area contributed by atoms with Gasteiger partial charge in [0, 0.05) is 0 Å². The van der Waals surface area contributed by atoms with Crippen molar-refractivity contribution in [3.05, 3.63) is 83.9 Å². The zero-order chi connectivity index (χ0) is 13.5. The van der Waals surface area contributed by atoms with Crippen LogP contribution in [0.5, 0.6) is 0 Å². The maximum absolute atomic E-state index is 5.74. The van der Waals surface area contributed by atoms with E-state index in [1.807, 2.05) is 36.4 Å². The SMILES string of the molecule is C=Cc1cccc(COCc2cccc(C=C)c2)c1. The highest BCUT2D eigenvalue weighted by Gasteiger charge is 1.97. The summed E-state index contributed by atoms with van der Waals surface area (Å²) in [6, 6.07) is 16.4.